The number of nitrogens with zero attached hydrogens (tertiary/aromatic N) is 2. The number of piperidine rings is 1. The Morgan fingerprint density at radius 3 is 2.81 bits per heavy atom. The van der Waals surface area contributed by atoms with E-state index in [4.69, 9.17) is 0 Å². The van der Waals surface area contributed by atoms with Gasteiger partial charge in [-0.15, -0.1) is 0 Å². The first-order valence-electron chi connectivity index (χ1n) is 7.36. The summed E-state index contributed by atoms with van der Waals surface area (Å²) in [5.41, 5.74) is 0. The van der Waals surface area contributed by atoms with Crippen LogP contribution in [0.15, 0.2) is 0 Å². The predicted octanol–water partition coefficient (Wildman–Crippen LogP) is 2.74. The molecule has 2 nitrogen and oxygen atoms in total. The van der Waals surface area contributed by atoms with Crippen LogP contribution < -0.4 is 0 Å². The van der Waals surface area contributed by atoms with Crippen LogP contribution in [0.1, 0.15) is 51.9 Å². The summed E-state index contributed by atoms with van der Waals surface area (Å²) < 4.78 is 0. The zero-order chi connectivity index (χ0) is 11.2. The minimum absolute atomic E-state index is 0.897. The summed E-state index contributed by atoms with van der Waals surface area (Å²) >= 11 is 0. The second-order valence-corrected chi connectivity index (χ2v) is 5.55. The van der Waals surface area contributed by atoms with Crippen LogP contribution in [0.5, 0.6) is 0 Å². The maximum atomic E-state index is 2.73. The van der Waals surface area contributed by atoms with Crippen LogP contribution in [0.25, 0.3) is 0 Å². The molecule has 2 aliphatic heterocycles. The van der Waals surface area contributed by atoms with Gasteiger partial charge in [-0.05, 0) is 32.4 Å². The summed E-state index contributed by atoms with van der Waals surface area (Å²) in [6, 6.07) is 0.897. The molecule has 1 unspecified atom stereocenters. The smallest absolute Gasteiger partial charge is 0.0223 e. The zero-order valence-electron chi connectivity index (χ0n) is 11.0. The average molecular weight is 224 g/mol. The van der Waals surface area contributed by atoms with Crippen molar-refractivity contribution < 1.29 is 0 Å². The minimum atomic E-state index is 0.897. The monoisotopic (exact) mass is 224 g/mol. The average Bonchev–Trinajstić information content (AvgIpc) is 2.34. The van der Waals surface area contributed by atoms with Gasteiger partial charge in [0.05, 0.1) is 0 Å². The maximum Gasteiger partial charge on any atom is 0.0223 e. The Labute approximate surface area is 101 Å². The molecule has 2 fully saturated rings. The van der Waals surface area contributed by atoms with E-state index in [2.05, 4.69) is 16.7 Å². The topological polar surface area (TPSA) is 6.48 Å². The van der Waals surface area contributed by atoms with Crippen LogP contribution in [-0.2, 0) is 0 Å². The third-order valence-corrected chi connectivity index (χ3v) is 4.25. The van der Waals surface area contributed by atoms with E-state index in [9.17, 15) is 0 Å². The van der Waals surface area contributed by atoms with Crippen molar-refractivity contribution in [3.8, 4) is 0 Å². The molecule has 2 saturated heterocycles. The molecule has 0 aromatic rings. The molecule has 0 N–H and O–H groups in total. The lowest BCUT2D eigenvalue weighted by atomic mass is 9.99. The van der Waals surface area contributed by atoms with Gasteiger partial charge in [-0.2, -0.15) is 0 Å². The van der Waals surface area contributed by atoms with Gasteiger partial charge in [0, 0.05) is 25.7 Å². The van der Waals surface area contributed by atoms with E-state index in [0.29, 0.717) is 0 Å². The highest BCUT2D eigenvalue weighted by Crippen LogP contribution is 2.21. The first-order valence-corrected chi connectivity index (χ1v) is 7.36. The van der Waals surface area contributed by atoms with Crippen LogP contribution >= 0.6 is 0 Å². The first kappa shape index (κ1) is 12.4. The van der Waals surface area contributed by atoms with Crippen molar-refractivity contribution in [2.45, 2.75) is 57.9 Å². The maximum absolute atomic E-state index is 2.73. The van der Waals surface area contributed by atoms with Crippen molar-refractivity contribution in [1.29, 1.82) is 0 Å². The van der Waals surface area contributed by atoms with Gasteiger partial charge >= 0.3 is 0 Å². The number of fused-ring (bicyclic) bond motifs is 1. The predicted molar refractivity (Wildman–Crippen MR) is 69.8 cm³/mol. The van der Waals surface area contributed by atoms with Gasteiger partial charge in [-0.1, -0.05) is 32.6 Å². The highest BCUT2D eigenvalue weighted by molar-refractivity contribution is 4.84. The van der Waals surface area contributed by atoms with Crippen LogP contribution in [0.3, 0.4) is 0 Å². The molecule has 0 saturated carbocycles. The van der Waals surface area contributed by atoms with Crippen molar-refractivity contribution in [2.75, 3.05) is 32.7 Å². The fourth-order valence-corrected chi connectivity index (χ4v) is 3.19. The summed E-state index contributed by atoms with van der Waals surface area (Å²) in [6.45, 7) is 9.02. The highest BCUT2D eigenvalue weighted by Gasteiger charge is 2.28. The van der Waals surface area contributed by atoms with Crippen LogP contribution in [0.2, 0.25) is 0 Å². The summed E-state index contributed by atoms with van der Waals surface area (Å²) in [4.78, 5) is 5.44. The Hall–Kier alpha value is -0.0800. The number of hydrogen-bond acceptors (Lipinski definition) is 2. The second-order valence-electron chi connectivity index (χ2n) is 5.55. The van der Waals surface area contributed by atoms with Crippen molar-refractivity contribution in [2.24, 2.45) is 0 Å². The lowest BCUT2D eigenvalue weighted by Gasteiger charge is -2.44. The van der Waals surface area contributed by atoms with Crippen molar-refractivity contribution in [3.63, 3.8) is 0 Å². The van der Waals surface area contributed by atoms with Gasteiger partial charge < -0.3 is 4.90 Å². The molecule has 0 aromatic heterocycles. The molecule has 0 spiro atoms. The molecule has 1 atom stereocenters. The largest absolute Gasteiger partial charge is 0.301 e. The molecule has 2 rings (SSSR count). The van der Waals surface area contributed by atoms with E-state index in [1.54, 1.807) is 0 Å². The Bertz CT molecular complexity index is 193. The van der Waals surface area contributed by atoms with Gasteiger partial charge in [0.15, 0.2) is 0 Å². The normalized spacial score (nSPS) is 27.9. The van der Waals surface area contributed by atoms with E-state index < -0.39 is 0 Å². The van der Waals surface area contributed by atoms with Gasteiger partial charge in [-0.25, -0.2) is 0 Å². The second kappa shape index (κ2) is 6.61. The van der Waals surface area contributed by atoms with E-state index in [1.807, 2.05) is 0 Å². The number of piperazine rings is 1. The lowest BCUT2D eigenvalue weighted by molar-refractivity contribution is 0.0486. The van der Waals surface area contributed by atoms with Crippen LogP contribution in [0.4, 0.5) is 0 Å². The fraction of sp³-hybridized carbons (Fsp3) is 1.00. The fourth-order valence-electron chi connectivity index (χ4n) is 3.19. The van der Waals surface area contributed by atoms with E-state index in [-0.39, 0.29) is 0 Å². The lowest BCUT2D eigenvalue weighted by Crippen LogP contribution is -2.54. The quantitative estimate of drug-likeness (QED) is 0.663. The standard InChI is InChI=1S/C14H28N2/c1-2-3-4-6-9-15-11-12-16-10-7-5-8-14(16)13-15/h14H,2-13H2,1H3. The molecule has 0 radical (unpaired) electrons. The molecule has 2 heterocycles. The number of hydrogen-bond donors (Lipinski definition) is 0. The van der Waals surface area contributed by atoms with Crippen molar-refractivity contribution in [3.05, 3.63) is 0 Å². The Morgan fingerprint density at radius 1 is 1.00 bits per heavy atom. The molecular weight excluding hydrogens is 196 g/mol. The Kier molecular flexibility index (Phi) is 5.11. The molecule has 0 aliphatic carbocycles. The molecule has 0 amide bonds. The molecule has 2 heteroatoms. The van der Waals surface area contributed by atoms with Gasteiger partial charge in [0.2, 0.25) is 0 Å². The third kappa shape index (κ3) is 3.46. The zero-order valence-corrected chi connectivity index (χ0v) is 11.0. The molecule has 16 heavy (non-hydrogen) atoms. The summed E-state index contributed by atoms with van der Waals surface area (Å²) in [5, 5.41) is 0. The SMILES string of the molecule is CCCCCCN1CCN2CCCCC2C1. The van der Waals surface area contributed by atoms with Crippen molar-refractivity contribution in [1.82, 2.24) is 9.80 Å². The number of unbranched alkanes of at least 4 members (excludes halogenated alkanes) is 3. The molecule has 94 valence electrons. The molecular formula is C14H28N2. The summed E-state index contributed by atoms with van der Waals surface area (Å²) in [5.74, 6) is 0. The van der Waals surface area contributed by atoms with Gasteiger partial charge in [0.1, 0.15) is 0 Å². The Morgan fingerprint density at radius 2 is 1.94 bits per heavy atom. The van der Waals surface area contributed by atoms with E-state index in [0.717, 1.165) is 6.04 Å². The van der Waals surface area contributed by atoms with Gasteiger partial charge in [0.25, 0.3) is 0 Å². The van der Waals surface area contributed by atoms with Crippen LogP contribution in [0, 0.1) is 0 Å². The minimum Gasteiger partial charge on any atom is -0.301 e. The molecule has 0 aromatic carbocycles. The molecule has 0 bridgehead atoms. The Balaban J connectivity index is 1.65. The van der Waals surface area contributed by atoms with Gasteiger partial charge in [-0.3, -0.25) is 4.90 Å². The van der Waals surface area contributed by atoms with E-state index >= 15 is 0 Å². The summed E-state index contributed by atoms with van der Waals surface area (Å²) in [6.07, 6.45) is 9.98. The number of rotatable bonds is 5. The van der Waals surface area contributed by atoms with E-state index in [1.165, 1.54) is 77.7 Å². The first-order chi connectivity index (χ1) is 7.90. The highest BCUT2D eigenvalue weighted by atomic mass is 15.3. The molecule has 2 aliphatic rings. The van der Waals surface area contributed by atoms with Crippen molar-refractivity contribution >= 4 is 0 Å². The third-order valence-electron chi connectivity index (χ3n) is 4.25. The summed E-state index contributed by atoms with van der Waals surface area (Å²) in [7, 11) is 0. The van der Waals surface area contributed by atoms with Crippen LogP contribution in [-0.4, -0.2) is 48.6 Å².